The molecular weight excluding hydrogens is 382 g/mol. The highest BCUT2D eigenvalue weighted by atomic mass is 16.5. The second-order valence-corrected chi connectivity index (χ2v) is 6.81. The molecule has 0 atom stereocenters. The minimum absolute atomic E-state index is 0.0451. The molecule has 0 spiro atoms. The maximum absolute atomic E-state index is 12.2. The van der Waals surface area contributed by atoms with E-state index in [0.717, 1.165) is 16.4 Å². The zero-order valence-electron chi connectivity index (χ0n) is 16.1. The van der Waals surface area contributed by atoms with E-state index in [9.17, 15) is 14.4 Å². The maximum atomic E-state index is 12.2. The van der Waals surface area contributed by atoms with Crippen LogP contribution in [0.2, 0.25) is 0 Å². The van der Waals surface area contributed by atoms with Gasteiger partial charge in [0.1, 0.15) is 11.2 Å². The zero-order chi connectivity index (χ0) is 20.9. The van der Waals surface area contributed by atoms with Crippen molar-refractivity contribution in [1.29, 1.82) is 0 Å². The number of esters is 1. The Morgan fingerprint density at radius 3 is 2.37 bits per heavy atom. The molecule has 1 aromatic heterocycles. The van der Waals surface area contributed by atoms with Crippen molar-refractivity contribution in [3.8, 4) is 0 Å². The summed E-state index contributed by atoms with van der Waals surface area (Å²) < 4.78 is 10.8. The van der Waals surface area contributed by atoms with Crippen molar-refractivity contribution in [1.82, 2.24) is 0 Å². The van der Waals surface area contributed by atoms with Crippen LogP contribution in [0.5, 0.6) is 0 Å². The lowest BCUT2D eigenvalue weighted by atomic mass is 10.1. The fraction of sp³-hybridized carbons (Fsp3) is 0.125. The molecule has 1 N–H and O–H groups in total. The Morgan fingerprint density at radius 2 is 1.53 bits per heavy atom. The quantitative estimate of drug-likeness (QED) is 0.357. The zero-order valence-corrected chi connectivity index (χ0v) is 16.1. The van der Waals surface area contributed by atoms with Crippen molar-refractivity contribution in [3.63, 3.8) is 0 Å². The van der Waals surface area contributed by atoms with E-state index in [-0.39, 0.29) is 31.1 Å². The number of furan rings is 1. The monoisotopic (exact) mass is 401 g/mol. The lowest BCUT2D eigenvalue weighted by Crippen LogP contribution is -2.17. The Morgan fingerprint density at radius 1 is 0.800 bits per heavy atom. The molecule has 0 aliphatic rings. The number of ketones is 1. The third-order valence-electron chi connectivity index (χ3n) is 4.68. The van der Waals surface area contributed by atoms with Crippen LogP contribution in [0.25, 0.3) is 21.9 Å². The van der Waals surface area contributed by atoms with Crippen molar-refractivity contribution in [2.45, 2.75) is 12.8 Å². The van der Waals surface area contributed by atoms with Gasteiger partial charge in [0.25, 0.3) is 0 Å². The molecule has 6 heteroatoms. The average molecular weight is 401 g/mol. The number of ether oxygens (including phenoxy) is 1. The van der Waals surface area contributed by atoms with Gasteiger partial charge in [0.05, 0.1) is 6.42 Å². The van der Waals surface area contributed by atoms with Crippen molar-refractivity contribution in [2.24, 2.45) is 0 Å². The van der Waals surface area contributed by atoms with Gasteiger partial charge in [-0.05, 0) is 18.2 Å². The number of nitrogens with one attached hydrogen (secondary N) is 1. The van der Waals surface area contributed by atoms with Crippen molar-refractivity contribution >= 4 is 45.3 Å². The first kappa shape index (κ1) is 19.4. The smallest absolute Gasteiger partial charge is 0.306 e. The number of carbonyl (C=O) groups is 3. The van der Waals surface area contributed by atoms with Crippen molar-refractivity contribution in [2.75, 3.05) is 11.9 Å². The summed E-state index contributed by atoms with van der Waals surface area (Å²) in [5, 5.41) is 4.73. The topological polar surface area (TPSA) is 85.6 Å². The van der Waals surface area contributed by atoms with Gasteiger partial charge in [-0.3, -0.25) is 14.4 Å². The molecule has 0 unspecified atom stereocenters. The summed E-state index contributed by atoms with van der Waals surface area (Å²) in [6.45, 7) is -0.340. The molecule has 0 aliphatic carbocycles. The lowest BCUT2D eigenvalue weighted by Gasteiger charge is -2.06. The summed E-state index contributed by atoms with van der Waals surface area (Å²) in [6.07, 6.45) is -0.155. The van der Waals surface area contributed by atoms with Gasteiger partial charge in [-0.25, -0.2) is 0 Å². The fourth-order valence-corrected chi connectivity index (χ4v) is 3.17. The minimum Gasteiger partial charge on any atom is -0.457 e. The van der Waals surface area contributed by atoms with Crippen LogP contribution >= 0.6 is 0 Å². The molecule has 150 valence electrons. The molecule has 1 heterocycles. The van der Waals surface area contributed by atoms with E-state index < -0.39 is 5.97 Å². The molecule has 0 saturated heterocycles. The molecule has 4 rings (SSSR count). The number of fused-ring (bicyclic) bond motifs is 3. The Balaban J connectivity index is 1.28. The van der Waals surface area contributed by atoms with E-state index in [1.54, 1.807) is 42.5 Å². The molecule has 0 aliphatic heterocycles. The third-order valence-corrected chi connectivity index (χ3v) is 4.68. The van der Waals surface area contributed by atoms with E-state index in [1.165, 1.54) is 0 Å². The van der Waals surface area contributed by atoms with Gasteiger partial charge in [-0.15, -0.1) is 0 Å². The minimum atomic E-state index is -0.595. The summed E-state index contributed by atoms with van der Waals surface area (Å²) in [5.41, 5.74) is 2.51. The number of Topliss-reactive ketones (excluding diaryl/α,β-unsaturated/α-hetero) is 1. The largest absolute Gasteiger partial charge is 0.457 e. The first-order chi connectivity index (χ1) is 14.6. The standard InChI is InChI=1S/C24H19NO5/c26-20(16-6-2-1-3-7-16)15-29-24(28)13-12-23(27)25-17-10-11-19-18-8-4-5-9-21(18)30-22(19)14-17/h1-11,14H,12-13,15H2,(H,25,27). The predicted octanol–water partition coefficient (Wildman–Crippen LogP) is 4.73. The summed E-state index contributed by atoms with van der Waals surface area (Å²) in [7, 11) is 0. The Bertz CT molecular complexity index is 1230. The third kappa shape index (κ3) is 4.38. The van der Waals surface area contributed by atoms with Gasteiger partial charge in [0, 0.05) is 34.5 Å². The average Bonchev–Trinajstić information content (AvgIpc) is 3.14. The highest BCUT2D eigenvalue weighted by Crippen LogP contribution is 2.30. The van der Waals surface area contributed by atoms with Crippen LogP contribution in [-0.4, -0.2) is 24.3 Å². The van der Waals surface area contributed by atoms with Gasteiger partial charge >= 0.3 is 5.97 Å². The maximum Gasteiger partial charge on any atom is 0.306 e. The molecule has 0 saturated carbocycles. The van der Waals surface area contributed by atoms with Gasteiger partial charge in [0.2, 0.25) is 5.91 Å². The molecular formula is C24H19NO5. The number of rotatable bonds is 7. The SMILES string of the molecule is O=C(CCC(=O)OCC(=O)c1ccccc1)Nc1ccc2c(c1)oc1ccccc12. The molecule has 0 bridgehead atoms. The van der Waals surface area contributed by atoms with Crippen molar-refractivity contribution < 1.29 is 23.5 Å². The first-order valence-corrected chi connectivity index (χ1v) is 9.55. The Labute approximate surface area is 172 Å². The highest BCUT2D eigenvalue weighted by molar-refractivity contribution is 6.06. The number of hydrogen-bond donors (Lipinski definition) is 1. The number of benzene rings is 3. The molecule has 30 heavy (non-hydrogen) atoms. The van der Waals surface area contributed by atoms with Crippen LogP contribution in [0.4, 0.5) is 5.69 Å². The first-order valence-electron chi connectivity index (χ1n) is 9.55. The van der Waals surface area contributed by atoms with Gasteiger partial charge < -0.3 is 14.5 Å². The summed E-state index contributed by atoms with van der Waals surface area (Å²) in [5.74, 6) is -1.20. The molecule has 1 amide bonds. The van der Waals surface area contributed by atoms with E-state index in [1.807, 2.05) is 30.3 Å². The van der Waals surface area contributed by atoms with Gasteiger partial charge in [0.15, 0.2) is 12.4 Å². The molecule has 4 aromatic rings. The number of hydrogen-bond acceptors (Lipinski definition) is 5. The Hall–Kier alpha value is -3.93. The van der Waals surface area contributed by atoms with E-state index in [0.29, 0.717) is 16.8 Å². The number of anilines is 1. The highest BCUT2D eigenvalue weighted by Gasteiger charge is 2.13. The Kier molecular flexibility index (Phi) is 5.57. The van der Waals surface area contributed by atoms with Gasteiger partial charge in [-0.2, -0.15) is 0 Å². The summed E-state index contributed by atoms with van der Waals surface area (Å²) in [4.78, 5) is 35.9. The number of amides is 1. The van der Waals surface area contributed by atoms with E-state index in [4.69, 9.17) is 9.15 Å². The van der Waals surface area contributed by atoms with E-state index in [2.05, 4.69) is 5.32 Å². The molecule has 0 radical (unpaired) electrons. The second kappa shape index (κ2) is 8.61. The van der Waals surface area contributed by atoms with Crippen LogP contribution in [-0.2, 0) is 14.3 Å². The predicted molar refractivity (Wildman–Crippen MR) is 113 cm³/mol. The molecule has 3 aromatic carbocycles. The lowest BCUT2D eigenvalue weighted by molar-refractivity contribution is -0.143. The number of para-hydroxylation sites is 1. The molecule has 0 fully saturated rings. The van der Waals surface area contributed by atoms with Crippen LogP contribution in [0.1, 0.15) is 23.2 Å². The van der Waals surface area contributed by atoms with Crippen LogP contribution in [0.15, 0.2) is 77.2 Å². The van der Waals surface area contributed by atoms with Gasteiger partial charge in [-0.1, -0.05) is 48.5 Å². The van der Waals surface area contributed by atoms with Crippen LogP contribution in [0, 0.1) is 0 Å². The second-order valence-electron chi connectivity index (χ2n) is 6.81. The van der Waals surface area contributed by atoms with Crippen molar-refractivity contribution in [3.05, 3.63) is 78.4 Å². The summed E-state index contributed by atoms with van der Waals surface area (Å²) >= 11 is 0. The fourth-order valence-electron chi connectivity index (χ4n) is 3.17. The van der Waals surface area contributed by atoms with Crippen LogP contribution in [0.3, 0.4) is 0 Å². The normalized spacial score (nSPS) is 10.8. The van der Waals surface area contributed by atoms with Crippen LogP contribution < -0.4 is 5.32 Å². The molecule has 6 nitrogen and oxygen atoms in total. The summed E-state index contributed by atoms with van der Waals surface area (Å²) in [6, 6.07) is 21.7. The number of carbonyl (C=O) groups excluding carboxylic acids is 3. The van der Waals surface area contributed by atoms with E-state index >= 15 is 0 Å².